The number of nitrogens with one attached hydrogen (secondary N) is 1. The second-order valence-corrected chi connectivity index (χ2v) is 6.65. The quantitative estimate of drug-likeness (QED) is 0.479. The second-order valence-electron chi connectivity index (χ2n) is 6.65. The fourth-order valence-corrected chi connectivity index (χ4v) is 3.50. The smallest absolute Gasteiger partial charge is 0.140 e. The molecular weight excluding hydrogens is 369 g/mol. The molecule has 0 aliphatic rings. The van der Waals surface area contributed by atoms with Gasteiger partial charge in [-0.1, -0.05) is 24.8 Å². The molecule has 0 aliphatic heterocycles. The van der Waals surface area contributed by atoms with Crippen LogP contribution in [0.1, 0.15) is 18.3 Å². The van der Waals surface area contributed by atoms with Gasteiger partial charge in [-0.3, -0.25) is 10.3 Å². The van der Waals surface area contributed by atoms with Crippen molar-refractivity contribution in [2.24, 2.45) is 0 Å². The molecule has 0 saturated carbocycles. The third-order valence-corrected chi connectivity index (χ3v) is 4.83. The van der Waals surface area contributed by atoms with Crippen molar-refractivity contribution in [3.8, 4) is 11.4 Å². The highest BCUT2D eigenvalue weighted by atomic mass is 19.1. The molecule has 0 amide bonds. The van der Waals surface area contributed by atoms with Crippen LogP contribution in [-0.4, -0.2) is 26.2 Å². The maximum atomic E-state index is 13.7. The molecular formula is C22H22FN5O. The molecule has 0 spiro atoms. The molecule has 4 rings (SSSR count). The summed E-state index contributed by atoms with van der Waals surface area (Å²) in [5, 5.41) is 0. The number of hydrogen-bond donors (Lipinski definition) is 1. The lowest BCUT2D eigenvalue weighted by Crippen LogP contribution is -2.09. The molecule has 0 radical (unpaired) electrons. The van der Waals surface area contributed by atoms with E-state index in [0.717, 1.165) is 34.5 Å². The summed E-state index contributed by atoms with van der Waals surface area (Å²) in [6.45, 7) is 7.37. The number of fused-ring (bicyclic) bond motifs is 1. The molecule has 148 valence electrons. The molecule has 4 aromatic rings. The van der Waals surface area contributed by atoms with Crippen molar-refractivity contribution >= 4 is 16.7 Å². The first-order valence-electron chi connectivity index (χ1n) is 9.35. The first-order valence-corrected chi connectivity index (χ1v) is 9.35. The maximum Gasteiger partial charge on any atom is 0.140 e. The average Bonchev–Trinajstić information content (AvgIpc) is 3.31. The average molecular weight is 391 g/mol. The number of benzene rings is 2. The van der Waals surface area contributed by atoms with Crippen LogP contribution in [0.25, 0.3) is 28.1 Å². The predicted octanol–water partition coefficient (Wildman–Crippen LogP) is 4.23. The predicted molar refractivity (Wildman–Crippen MR) is 111 cm³/mol. The van der Waals surface area contributed by atoms with Gasteiger partial charge in [0.15, 0.2) is 0 Å². The van der Waals surface area contributed by atoms with Crippen LogP contribution in [0.3, 0.4) is 0 Å². The first-order chi connectivity index (χ1) is 14.1. The monoisotopic (exact) mass is 391 g/mol. The summed E-state index contributed by atoms with van der Waals surface area (Å²) >= 11 is 0. The van der Waals surface area contributed by atoms with Crippen molar-refractivity contribution in [3.05, 3.63) is 78.6 Å². The van der Waals surface area contributed by atoms with E-state index < -0.39 is 0 Å². The minimum absolute atomic E-state index is 0.282. The molecule has 2 aromatic carbocycles. The van der Waals surface area contributed by atoms with Gasteiger partial charge >= 0.3 is 0 Å². The van der Waals surface area contributed by atoms with E-state index in [9.17, 15) is 4.39 Å². The molecule has 29 heavy (non-hydrogen) atoms. The van der Waals surface area contributed by atoms with Crippen LogP contribution in [0.5, 0.6) is 0 Å². The van der Waals surface area contributed by atoms with Crippen LogP contribution in [0.4, 0.5) is 4.39 Å². The largest absolute Gasteiger partial charge is 0.327 e. The zero-order valence-corrected chi connectivity index (χ0v) is 16.4. The summed E-state index contributed by atoms with van der Waals surface area (Å²) in [5.41, 5.74) is 7.00. The van der Waals surface area contributed by atoms with Gasteiger partial charge in [-0.15, -0.1) is 0 Å². The Morgan fingerprint density at radius 1 is 1.24 bits per heavy atom. The summed E-state index contributed by atoms with van der Waals surface area (Å²) in [7, 11) is 1.55. The summed E-state index contributed by atoms with van der Waals surface area (Å²) in [4.78, 5) is 14.2. The number of nitrogens with zero attached hydrogens (tertiary/aromatic N) is 4. The lowest BCUT2D eigenvalue weighted by Gasteiger charge is -2.10. The third kappa shape index (κ3) is 3.64. The molecule has 0 saturated heterocycles. The fraction of sp³-hybridized carbons (Fsp3) is 0.182. The summed E-state index contributed by atoms with van der Waals surface area (Å²) in [5.74, 6) is 1.33. The third-order valence-electron chi connectivity index (χ3n) is 4.83. The number of aromatic nitrogens is 4. The highest BCUT2D eigenvalue weighted by Crippen LogP contribution is 2.23. The molecule has 7 heteroatoms. The van der Waals surface area contributed by atoms with Crippen LogP contribution in [-0.2, 0) is 17.9 Å². The van der Waals surface area contributed by atoms with Crippen molar-refractivity contribution in [3.63, 3.8) is 0 Å². The Kier molecular flexibility index (Phi) is 5.14. The minimum Gasteiger partial charge on any atom is -0.327 e. The van der Waals surface area contributed by atoms with Gasteiger partial charge in [0.2, 0.25) is 0 Å². The standard InChI is InChI=1S/C22H22FN5O/c1-4-28-20-9-8-16(15(2)26-29-3)13-19(20)25-21(28)14-27-11-10-24-22(27)17-6-5-7-18(23)12-17/h5-13,26H,2,4,14H2,1,3H3. The van der Waals surface area contributed by atoms with Crippen molar-refractivity contribution in [2.45, 2.75) is 20.0 Å². The van der Waals surface area contributed by atoms with Gasteiger partial charge in [-0.05, 0) is 31.2 Å². The van der Waals surface area contributed by atoms with Crippen molar-refractivity contribution in [1.82, 2.24) is 24.6 Å². The van der Waals surface area contributed by atoms with Crippen LogP contribution in [0, 0.1) is 5.82 Å². The Morgan fingerprint density at radius 3 is 2.86 bits per heavy atom. The molecule has 2 aromatic heterocycles. The first kappa shape index (κ1) is 18.9. The number of hydrogen-bond acceptors (Lipinski definition) is 4. The van der Waals surface area contributed by atoms with Gasteiger partial charge in [-0.25, -0.2) is 14.4 Å². The number of halogens is 1. The maximum absolute atomic E-state index is 13.7. The zero-order chi connectivity index (χ0) is 20.4. The molecule has 6 nitrogen and oxygen atoms in total. The van der Waals surface area contributed by atoms with Crippen molar-refractivity contribution in [1.29, 1.82) is 0 Å². The molecule has 0 unspecified atom stereocenters. The van der Waals surface area contributed by atoms with E-state index >= 15 is 0 Å². The minimum atomic E-state index is -0.282. The summed E-state index contributed by atoms with van der Waals surface area (Å²) in [6, 6.07) is 12.5. The van der Waals surface area contributed by atoms with E-state index in [1.54, 1.807) is 19.4 Å². The van der Waals surface area contributed by atoms with Gasteiger partial charge < -0.3 is 9.13 Å². The Balaban J connectivity index is 1.72. The number of hydroxylamine groups is 1. The Bertz CT molecular complexity index is 1180. The number of imidazole rings is 2. The topological polar surface area (TPSA) is 56.9 Å². The van der Waals surface area contributed by atoms with E-state index in [1.165, 1.54) is 12.1 Å². The lowest BCUT2D eigenvalue weighted by atomic mass is 10.1. The van der Waals surface area contributed by atoms with Crippen molar-refractivity contribution < 1.29 is 9.23 Å². The molecule has 0 aliphatic carbocycles. The Morgan fingerprint density at radius 2 is 2.10 bits per heavy atom. The van der Waals surface area contributed by atoms with Gasteiger partial charge in [0, 0.05) is 30.1 Å². The Labute approximate surface area is 168 Å². The highest BCUT2D eigenvalue weighted by Gasteiger charge is 2.14. The van der Waals surface area contributed by atoms with Crippen molar-refractivity contribution in [2.75, 3.05) is 7.11 Å². The SMILES string of the molecule is C=C(NOC)c1ccc2c(c1)nc(Cn1ccnc1-c1cccc(F)c1)n2CC. The second kappa shape index (κ2) is 7.89. The summed E-state index contributed by atoms with van der Waals surface area (Å²) < 4.78 is 17.8. The van der Waals surface area contributed by atoms with E-state index in [2.05, 4.69) is 28.5 Å². The highest BCUT2D eigenvalue weighted by molar-refractivity contribution is 5.81. The summed E-state index contributed by atoms with van der Waals surface area (Å²) in [6.07, 6.45) is 3.60. The molecule has 0 fully saturated rings. The zero-order valence-electron chi connectivity index (χ0n) is 16.4. The molecule has 2 heterocycles. The molecule has 0 atom stereocenters. The van der Waals surface area contributed by atoms with Crippen LogP contribution in [0.2, 0.25) is 0 Å². The van der Waals surface area contributed by atoms with Crippen LogP contribution < -0.4 is 5.48 Å². The van der Waals surface area contributed by atoms with Gasteiger partial charge in [0.05, 0.1) is 30.4 Å². The van der Waals surface area contributed by atoms with Crippen LogP contribution in [0.15, 0.2) is 61.4 Å². The Hall–Kier alpha value is -3.45. The van der Waals surface area contributed by atoms with Gasteiger partial charge in [0.25, 0.3) is 0 Å². The molecule has 1 N–H and O–H groups in total. The van der Waals surface area contributed by atoms with E-state index in [1.807, 2.05) is 35.0 Å². The molecule has 0 bridgehead atoms. The normalized spacial score (nSPS) is 11.1. The van der Waals surface area contributed by atoms with E-state index in [0.29, 0.717) is 18.1 Å². The number of aryl methyl sites for hydroxylation is 1. The number of rotatable bonds is 7. The van der Waals surface area contributed by atoms with Gasteiger partial charge in [0.1, 0.15) is 17.5 Å². The van der Waals surface area contributed by atoms with E-state index in [-0.39, 0.29) is 5.82 Å². The van der Waals surface area contributed by atoms with Crippen LogP contribution >= 0.6 is 0 Å². The van der Waals surface area contributed by atoms with Gasteiger partial charge in [-0.2, -0.15) is 0 Å². The van der Waals surface area contributed by atoms with E-state index in [4.69, 9.17) is 9.82 Å². The fourth-order valence-electron chi connectivity index (χ4n) is 3.50. The lowest BCUT2D eigenvalue weighted by molar-refractivity contribution is 0.137.